The van der Waals surface area contributed by atoms with Crippen LogP contribution in [0.25, 0.3) is 0 Å². The number of hydrogen-bond donors (Lipinski definition) is 1. The maximum Gasteiger partial charge on any atom is 0.204 e. The number of nitrogen functional groups attached to an aromatic ring is 1. The lowest BCUT2D eigenvalue weighted by Crippen LogP contribution is -2.06. The second-order valence-electron chi connectivity index (χ2n) is 4.33. The van der Waals surface area contributed by atoms with Crippen LogP contribution in [0.5, 0.6) is 17.2 Å². The van der Waals surface area contributed by atoms with Crippen LogP contribution in [0.15, 0.2) is 36.4 Å². The van der Waals surface area contributed by atoms with Crippen molar-refractivity contribution in [2.24, 2.45) is 0 Å². The maximum atomic E-state index is 12.6. The van der Waals surface area contributed by atoms with Crippen LogP contribution in [-0.2, 0) is 0 Å². The van der Waals surface area contributed by atoms with Gasteiger partial charge in [0, 0.05) is 11.3 Å². The fraction of sp³-hybridized carbons (Fsp3) is 0.188. The zero-order valence-corrected chi connectivity index (χ0v) is 12.2. The van der Waals surface area contributed by atoms with Gasteiger partial charge in [-0.1, -0.05) is 0 Å². The largest absolute Gasteiger partial charge is 0.493 e. The number of carbonyl (C=O) groups is 1. The summed E-state index contributed by atoms with van der Waals surface area (Å²) in [6.07, 6.45) is 0. The van der Waals surface area contributed by atoms with E-state index in [2.05, 4.69) is 0 Å². The quantitative estimate of drug-likeness (QED) is 0.676. The van der Waals surface area contributed by atoms with Crippen LogP contribution in [-0.4, -0.2) is 27.1 Å². The van der Waals surface area contributed by atoms with Gasteiger partial charge in [0.2, 0.25) is 5.75 Å². The van der Waals surface area contributed by atoms with Crippen molar-refractivity contribution in [3.63, 3.8) is 0 Å². The van der Waals surface area contributed by atoms with Crippen LogP contribution in [0.3, 0.4) is 0 Å². The second-order valence-corrected chi connectivity index (χ2v) is 4.33. The standard InChI is InChI=1S/C16H17NO4/c1-19-13-9-8-12(15(20-2)16(13)21-3)14(18)10-4-6-11(17)7-5-10/h4-9H,17H2,1-3H3. The van der Waals surface area contributed by atoms with Crippen molar-refractivity contribution in [1.29, 1.82) is 0 Å². The summed E-state index contributed by atoms with van der Waals surface area (Å²) in [4.78, 5) is 12.6. The highest BCUT2D eigenvalue weighted by molar-refractivity contribution is 6.11. The smallest absolute Gasteiger partial charge is 0.204 e. The van der Waals surface area contributed by atoms with E-state index in [9.17, 15) is 4.79 Å². The Balaban J connectivity index is 2.53. The number of benzene rings is 2. The van der Waals surface area contributed by atoms with Crippen molar-refractivity contribution < 1.29 is 19.0 Å². The van der Waals surface area contributed by atoms with E-state index in [1.54, 1.807) is 36.4 Å². The monoisotopic (exact) mass is 287 g/mol. The van der Waals surface area contributed by atoms with Gasteiger partial charge in [-0.2, -0.15) is 0 Å². The van der Waals surface area contributed by atoms with Gasteiger partial charge in [0.05, 0.1) is 26.9 Å². The predicted molar refractivity (Wildman–Crippen MR) is 80.4 cm³/mol. The number of ether oxygens (including phenoxy) is 3. The molecule has 0 radical (unpaired) electrons. The molecule has 0 aliphatic heterocycles. The summed E-state index contributed by atoms with van der Waals surface area (Å²) in [6.45, 7) is 0. The third kappa shape index (κ3) is 2.76. The SMILES string of the molecule is COc1ccc(C(=O)c2ccc(N)cc2)c(OC)c1OC. The van der Waals surface area contributed by atoms with Crippen LogP contribution in [0.4, 0.5) is 5.69 Å². The molecule has 110 valence electrons. The molecular weight excluding hydrogens is 270 g/mol. The van der Waals surface area contributed by atoms with Crippen LogP contribution in [0.1, 0.15) is 15.9 Å². The van der Waals surface area contributed by atoms with Crippen LogP contribution in [0.2, 0.25) is 0 Å². The number of carbonyl (C=O) groups excluding carboxylic acids is 1. The average molecular weight is 287 g/mol. The topological polar surface area (TPSA) is 70.8 Å². The molecule has 0 aliphatic carbocycles. The summed E-state index contributed by atoms with van der Waals surface area (Å²) in [6, 6.07) is 10.0. The molecule has 0 aliphatic rings. The lowest BCUT2D eigenvalue weighted by molar-refractivity contribution is 0.103. The number of nitrogens with two attached hydrogens (primary N) is 1. The molecule has 0 saturated heterocycles. The molecule has 0 heterocycles. The second kappa shape index (κ2) is 6.17. The van der Waals surface area contributed by atoms with Crippen LogP contribution in [0, 0.1) is 0 Å². The minimum atomic E-state index is -0.173. The van der Waals surface area contributed by atoms with E-state index in [0.29, 0.717) is 34.1 Å². The van der Waals surface area contributed by atoms with Crippen molar-refractivity contribution in [3.05, 3.63) is 47.5 Å². The van der Waals surface area contributed by atoms with Crippen molar-refractivity contribution in [2.75, 3.05) is 27.1 Å². The van der Waals surface area contributed by atoms with Crippen LogP contribution < -0.4 is 19.9 Å². The summed E-state index contributed by atoms with van der Waals surface area (Å²) in [5.74, 6) is 1.07. The highest BCUT2D eigenvalue weighted by Crippen LogP contribution is 2.40. The molecule has 5 heteroatoms. The first-order valence-corrected chi connectivity index (χ1v) is 6.31. The Morgan fingerprint density at radius 1 is 0.857 bits per heavy atom. The first-order valence-electron chi connectivity index (χ1n) is 6.31. The Labute approximate surface area is 123 Å². The zero-order chi connectivity index (χ0) is 15.4. The molecular formula is C16H17NO4. The van der Waals surface area contributed by atoms with Gasteiger partial charge in [-0.3, -0.25) is 4.79 Å². The van der Waals surface area contributed by atoms with Gasteiger partial charge < -0.3 is 19.9 Å². The van der Waals surface area contributed by atoms with E-state index in [0.717, 1.165) is 0 Å². The van der Waals surface area contributed by atoms with E-state index in [1.807, 2.05) is 0 Å². The highest BCUT2D eigenvalue weighted by atomic mass is 16.5. The average Bonchev–Trinajstić information content (AvgIpc) is 2.53. The molecule has 0 amide bonds. The fourth-order valence-electron chi connectivity index (χ4n) is 2.07. The lowest BCUT2D eigenvalue weighted by Gasteiger charge is -2.15. The van der Waals surface area contributed by atoms with Gasteiger partial charge in [0.1, 0.15) is 0 Å². The molecule has 0 saturated carbocycles. The number of anilines is 1. The first-order chi connectivity index (χ1) is 10.1. The fourth-order valence-corrected chi connectivity index (χ4v) is 2.07. The molecule has 0 atom stereocenters. The lowest BCUT2D eigenvalue weighted by atomic mass is 10.0. The molecule has 0 unspecified atom stereocenters. The molecule has 2 N–H and O–H groups in total. The summed E-state index contributed by atoms with van der Waals surface area (Å²) >= 11 is 0. The molecule has 5 nitrogen and oxygen atoms in total. The molecule has 2 aromatic rings. The maximum absolute atomic E-state index is 12.6. The Morgan fingerprint density at radius 2 is 1.48 bits per heavy atom. The van der Waals surface area contributed by atoms with Gasteiger partial charge in [-0.05, 0) is 36.4 Å². The third-order valence-electron chi connectivity index (χ3n) is 3.12. The van der Waals surface area contributed by atoms with E-state index < -0.39 is 0 Å². The van der Waals surface area contributed by atoms with Crippen LogP contribution >= 0.6 is 0 Å². The normalized spacial score (nSPS) is 10.0. The highest BCUT2D eigenvalue weighted by Gasteiger charge is 2.21. The van der Waals surface area contributed by atoms with Gasteiger partial charge in [-0.15, -0.1) is 0 Å². The predicted octanol–water partition coefficient (Wildman–Crippen LogP) is 2.53. The first kappa shape index (κ1) is 14.7. The molecule has 0 aromatic heterocycles. The number of methoxy groups -OCH3 is 3. The number of rotatable bonds is 5. The summed E-state index contributed by atoms with van der Waals surface area (Å²) in [7, 11) is 4.51. The molecule has 0 fully saturated rings. The number of hydrogen-bond acceptors (Lipinski definition) is 5. The Morgan fingerprint density at radius 3 is 2.00 bits per heavy atom. The minimum absolute atomic E-state index is 0.173. The Bertz CT molecular complexity index is 650. The van der Waals surface area contributed by atoms with Gasteiger partial charge in [-0.25, -0.2) is 0 Å². The third-order valence-corrected chi connectivity index (χ3v) is 3.12. The molecule has 0 spiro atoms. The molecule has 2 rings (SSSR count). The van der Waals surface area contributed by atoms with Gasteiger partial charge >= 0.3 is 0 Å². The number of ketones is 1. The molecule has 0 bridgehead atoms. The molecule has 21 heavy (non-hydrogen) atoms. The van der Waals surface area contributed by atoms with Crippen molar-refractivity contribution in [2.45, 2.75) is 0 Å². The summed E-state index contributed by atoms with van der Waals surface area (Å²) < 4.78 is 15.8. The molecule has 2 aromatic carbocycles. The van der Waals surface area contributed by atoms with Crippen molar-refractivity contribution in [3.8, 4) is 17.2 Å². The van der Waals surface area contributed by atoms with Gasteiger partial charge in [0.15, 0.2) is 17.3 Å². The summed E-state index contributed by atoms with van der Waals surface area (Å²) in [5.41, 5.74) is 7.16. The summed E-state index contributed by atoms with van der Waals surface area (Å²) in [5, 5.41) is 0. The van der Waals surface area contributed by atoms with E-state index in [1.165, 1.54) is 21.3 Å². The van der Waals surface area contributed by atoms with E-state index >= 15 is 0 Å². The van der Waals surface area contributed by atoms with E-state index in [-0.39, 0.29) is 5.78 Å². The van der Waals surface area contributed by atoms with E-state index in [4.69, 9.17) is 19.9 Å². The minimum Gasteiger partial charge on any atom is -0.493 e. The van der Waals surface area contributed by atoms with Gasteiger partial charge in [0.25, 0.3) is 0 Å². The Hall–Kier alpha value is -2.69. The Kier molecular flexibility index (Phi) is 4.33. The van der Waals surface area contributed by atoms with Crippen molar-refractivity contribution in [1.82, 2.24) is 0 Å². The van der Waals surface area contributed by atoms with Crippen molar-refractivity contribution >= 4 is 11.5 Å². The zero-order valence-electron chi connectivity index (χ0n) is 12.2.